The first-order chi connectivity index (χ1) is 19.6. The molecule has 0 atom stereocenters. The lowest BCUT2D eigenvalue weighted by atomic mass is 10.1. The molecule has 0 aliphatic carbocycles. The fourth-order valence-corrected chi connectivity index (χ4v) is 4.24. The van der Waals surface area contributed by atoms with E-state index in [0.717, 1.165) is 37.1 Å². The number of aromatic nitrogens is 2. The number of nitriles is 1. The second-order valence-corrected chi connectivity index (χ2v) is 9.12. The van der Waals surface area contributed by atoms with Gasteiger partial charge in [-0.15, -0.1) is 5.11 Å². The normalized spacial score (nSPS) is 16.7. The molecule has 2 aliphatic rings. The summed E-state index contributed by atoms with van der Waals surface area (Å²) < 4.78 is 11.9. The minimum absolute atomic E-state index is 0.189. The third-order valence-corrected chi connectivity index (χ3v) is 6.17. The number of nitrogens with zero attached hydrogens (tertiary/aromatic N) is 7. The van der Waals surface area contributed by atoms with Crippen LogP contribution in [0.3, 0.4) is 0 Å². The van der Waals surface area contributed by atoms with Crippen LogP contribution in [0.5, 0.6) is 11.5 Å². The van der Waals surface area contributed by atoms with Crippen LogP contribution in [-0.4, -0.2) is 40.0 Å². The Hall–Kier alpha value is -5.14. The Balaban J connectivity index is 1.30. The van der Waals surface area contributed by atoms with Crippen LogP contribution >= 0.6 is 0 Å². The molecular formula is C30H28N8O2. The number of hydrogen-bond acceptors (Lipinski definition) is 9. The maximum Gasteiger partial charge on any atom is 0.221 e. The van der Waals surface area contributed by atoms with Crippen LogP contribution in [0.4, 0.5) is 0 Å². The number of nitrogens with one attached hydrogen (secondary N) is 1. The molecule has 1 N–H and O–H groups in total. The summed E-state index contributed by atoms with van der Waals surface area (Å²) in [6, 6.07) is 16.8. The Morgan fingerprint density at radius 2 is 1.93 bits per heavy atom. The summed E-state index contributed by atoms with van der Waals surface area (Å²) in [6.45, 7) is 10.0. The van der Waals surface area contributed by atoms with Gasteiger partial charge in [0.2, 0.25) is 5.88 Å². The number of amidine groups is 1. The lowest BCUT2D eigenvalue weighted by molar-refractivity contribution is 0.161. The van der Waals surface area contributed by atoms with E-state index in [1.165, 1.54) is 0 Å². The second kappa shape index (κ2) is 12.6. The van der Waals surface area contributed by atoms with Gasteiger partial charge < -0.3 is 14.8 Å². The summed E-state index contributed by atoms with van der Waals surface area (Å²) in [7, 11) is 0. The van der Waals surface area contributed by atoms with Gasteiger partial charge in [-0.1, -0.05) is 48.7 Å². The SMILES string of the molecule is C=C/C=C(\N=C1/C(=C)N=NN1Cc1cccc(-c2ncc(OC3CCNCC3)cn2)c1)Oc1cccc(C#N)c1. The minimum atomic E-state index is 0.189. The van der Waals surface area contributed by atoms with E-state index < -0.39 is 0 Å². The predicted molar refractivity (Wildman–Crippen MR) is 151 cm³/mol. The monoisotopic (exact) mass is 532 g/mol. The zero-order valence-corrected chi connectivity index (χ0v) is 21.9. The summed E-state index contributed by atoms with van der Waals surface area (Å²) >= 11 is 0. The number of benzene rings is 2. The topological polar surface area (TPSA) is 120 Å². The van der Waals surface area contributed by atoms with Crippen molar-refractivity contribution in [1.82, 2.24) is 20.3 Å². The Labute approximate surface area is 232 Å². The molecule has 40 heavy (non-hydrogen) atoms. The molecule has 1 saturated heterocycles. The molecule has 2 aliphatic heterocycles. The fourth-order valence-electron chi connectivity index (χ4n) is 4.24. The van der Waals surface area contributed by atoms with Gasteiger partial charge in [0.25, 0.3) is 0 Å². The third-order valence-electron chi connectivity index (χ3n) is 6.17. The molecule has 0 unspecified atom stereocenters. The Morgan fingerprint density at radius 3 is 2.70 bits per heavy atom. The average Bonchev–Trinajstić information content (AvgIpc) is 3.32. The molecule has 10 heteroatoms. The van der Waals surface area contributed by atoms with Crippen LogP contribution in [0.25, 0.3) is 11.4 Å². The zero-order chi connectivity index (χ0) is 27.7. The van der Waals surface area contributed by atoms with Crippen LogP contribution in [-0.2, 0) is 6.54 Å². The molecule has 0 radical (unpaired) electrons. The number of aliphatic imine (C=N–C) groups is 1. The van der Waals surface area contributed by atoms with E-state index in [1.54, 1.807) is 53.8 Å². The standard InChI is InChI=1S/C30H28N8O2/c1-3-6-28(40-26-10-5-7-22(16-26)17-31)35-30-21(2)36-37-38(30)20-23-8-4-9-24(15-23)29-33-18-27(19-34-29)39-25-11-13-32-14-12-25/h3-10,15-16,18-19,25,32H,1-2,11-14,20H2/b28-6+,35-30+. The van der Waals surface area contributed by atoms with E-state index in [2.05, 4.69) is 49.8 Å². The van der Waals surface area contributed by atoms with Gasteiger partial charge in [0, 0.05) is 11.6 Å². The largest absolute Gasteiger partial charge is 0.487 e. The molecule has 0 bridgehead atoms. The molecular weight excluding hydrogens is 504 g/mol. The summed E-state index contributed by atoms with van der Waals surface area (Å²) in [5.41, 5.74) is 2.70. The first kappa shape index (κ1) is 26.5. The van der Waals surface area contributed by atoms with Gasteiger partial charge >= 0.3 is 0 Å². The van der Waals surface area contributed by atoms with Gasteiger partial charge in [0.1, 0.15) is 17.6 Å². The Kier molecular flexibility index (Phi) is 8.34. The molecule has 1 fully saturated rings. The highest BCUT2D eigenvalue weighted by atomic mass is 16.5. The molecule has 0 saturated carbocycles. The summed E-state index contributed by atoms with van der Waals surface area (Å²) in [5, 5.41) is 22.5. The quantitative estimate of drug-likeness (QED) is 0.291. The van der Waals surface area contributed by atoms with Crippen molar-refractivity contribution >= 4 is 5.84 Å². The van der Waals surface area contributed by atoms with Gasteiger partial charge in [0.05, 0.1) is 30.6 Å². The molecule has 5 rings (SSSR count). The van der Waals surface area contributed by atoms with Crippen LogP contribution < -0.4 is 14.8 Å². The van der Waals surface area contributed by atoms with Crippen LogP contribution in [0.15, 0.2) is 113 Å². The highest BCUT2D eigenvalue weighted by molar-refractivity contribution is 5.98. The van der Waals surface area contributed by atoms with E-state index in [-0.39, 0.29) is 12.0 Å². The van der Waals surface area contributed by atoms with Crippen molar-refractivity contribution in [3.05, 3.63) is 109 Å². The molecule has 3 aromatic rings. The maximum atomic E-state index is 9.18. The van der Waals surface area contributed by atoms with Gasteiger partial charge in [-0.25, -0.2) is 15.0 Å². The Bertz CT molecular complexity index is 1520. The van der Waals surface area contributed by atoms with Crippen LogP contribution in [0, 0.1) is 11.3 Å². The van der Waals surface area contributed by atoms with Crippen molar-refractivity contribution in [1.29, 1.82) is 5.26 Å². The van der Waals surface area contributed by atoms with Gasteiger partial charge in [-0.2, -0.15) is 10.3 Å². The third kappa shape index (κ3) is 6.64. The first-order valence-corrected chi connectivity index (χ1v) is 12.9. The van der Waals surface area contributed by atoms with E-state index in [0.29, 0.717) is 41.0 Å². The zero-order valence-electron chi connectivity index (χ0n) is 21.9. The Morgan fingerprint density at radius 1 is 1.12 bits per heavy atom. The number of hydrogen-bond donors (Lipinski definition) is 1. The number of ether oxygens (including phenoxy) is 2. The van der Waals surface area contributed by atoms with Gasteiger partial charge in [0.15, 0.2) is 17.4 Å². The number of allylic oxidation sites excluding steroid dienone is 2. The van der Waals surface area contributed by atoms with Gasteiger partial charge in [-0.3, -0.25) is 0 Å². The van der Waals surface area contributed by atoms with E-state index >= 15 is 0 Å². The van der Waals surface area contributed by atoms with Crippen molar-refractivity contribution in [2.45, 2.75) is 25.5 Å². The van der Waals surface area contributed by atoms with Crippen LogP contribution in [0.2, 0.25) is 0 Å². The number of rotatable bonds is 9. The molecule has 10 nitrogen and oxygen atoms in total. The summed E-state index contributed by atoms with van der Waals surface area (Å²) in [6.07, 6.45) is 8.76. The fraction of sp³-hybridized carbons (Fsp3) is 0.200. The van der Waals surface area contributed by atoms with E-state index in [9.17, 15) is 5.26 Å². The van der Waals surface area contributed by atoms with Crippen LogP contribution in [0.1, 0.15) is 24.0 Å². The smallest absolute Gasteiger partial charge is 0.221 e. The average molecular weight is 533 g/mol. The highest BCUT2D eigenvalue weighted by Crippen LogP contribution is 2.24. The minimum Gasteiger partial charge on any atom is -0.487 e. The second-order valence-electron chi connectivity index (χ2n) is 9.12. The predicted octanol–water partition coefficient (Wildman–Crippen LogP) is 5.35. The summed E-state index contributed by atoms with van der Waals surface area (Å²) in [5.74, 6) is 2.44. The molecule has 0 spiro atoms. The lowest BCUT2D eigenvalue weighted by Crippen LogP contribution is -2.34. The maximum absolute atomic E-state index is 9.18. The van der Waals surface area contributed by atoms with Crippen molar-refractivity contribution in [2.75, 3.05) is 13.1 Å². The lowest BCUT2D eigenvalue weighted by Gasteiger charge is -2.23. The molecule has 2 aromatic carbocycles. The molecule has 0 amide bonds. The van der Waals surface area contributed by atoms with Crippen molar-refractivity contribution in [3.8, 4) is 29.0 Å². The van der Waals surface area contributed by atoms with E-state index in [1.807, 2.05) is 24.3 Å². The number of piperidine rings is 1. The van der Waals surface area contributed by atoms with Crippen molar-refractivity contribution < 1.29 is 9.47 Å². The van der Waals surface area contributed by atoms with E-state index in [4.69, 9.17) is 9.47 Å². The molecule has 200 valence electrons. The van der Waals surface area contributed by atoms with Crippen molar-refractivity contribution in [3.63, 3.8) is 0 Å². The van der Waals surface area contributed by atoms with Gasteiger partial charge in [-0.05, 0) is 55.8 Å². The highest BCUT2D eigenvalue weighted by Gasteiger charge is 2.22. The molecule has 3 heterocycles. The van der Waals surface area contributed by atoms with Crippen molar-refractivity contribution in [2.24, 2.45) is 15.3 Å². The summed E-state index contributed by atoms with van der Waals surface area (Å²) in [4.78, 5) is 13.7. The first-order valence-electron chi connectivity index (χ1n) is 12.9. The molecule has 1 aromatic heterocycles.